The molecule has 2 aromatic rings. The average Bonchev–Trinajstić information content (AvgIpc) is 3.06. The van der Waals surface area contributed by atoms with Crippen LogP contribution in [0.2, 0.25) is 0 Å². The predicted octanol–water partition coefficient (Wildman–Crippen LogP) is 1.71. The summed E-state index contributed by atoms with van der Waals surface area (Å²) in [4.78, 5) is 14.6. The molecule has 3 heterocycles. The number of piperidine rings is 1. The van der Waals surface area contributed by atoms with Gasteiger partial charge in [0.15, 0.2) is 0 Å². The van der Waals surface area contributed by atoms with E-state index in [-0.39, 0.29) is 5.91 Å². The fraction of sp³-hybridized carbons (Fsp3) is 0.500. The maximum Gasteiger partial charge on any atom is 0.253 e. The Morgan fingerprint density at radius 1 is 1.12 bits per heavy atom. The van der Waals surface area contributed by atoms with Gasteiger partial charge in [-0.25, -0.2) is 0 Å². The van der Waals surface area contributed by atoms with Crippen molar-refractivity contribution in [3.05, 3.63) is 47.0 Å². The van der Waals surface area contributed by atoms with Gasteiger partial charge in [-0.3, -0.25) is 4.79 Å². The molecule has 6 nitrogen and oxygen atoms in total. The summed E-state index contributed by atoms with van der Waals surface area (Å²) >= 11 is 0. The molecule has 2 aliphatic rings. The fourth-order valence-corrected chi connectivity index (χ4v) is 3.64. The van der Waals surface area contributed by atoms with Crippen LogP contribution in [0.25, 0.3) is 0 Å². The van der Waals surface area contributed by atoms with Crippen LogP contribution in [-0.2, 0) is 13.1 Å². The van der Waals surface area contributed by atoms with Crippen molar-refractivity contribution < 1.29 is 4.79 Å². The first kappa shape index (κ1) is 15.3. The smallest absolute Gasteiger partial charge is 0.253 e. The van der Waals surface area contributed by atoms with E-state index in [9.17, 15) is 4.79 Å². The largest absolute Gasteiger partial charge is 0.339 e. The summed E-state index contributed by atoms with van der Waals surface area (Å²) in [5.74, 6) is 2.69. The molecule has 1 N–H and O–H groups in total. The molecule has 0 atom stereocenters. The quantitative estimate of drug-likeness (QED) is 0.913. The number of benzene rings is 1. The van der Waals surface area contributed by atoms with Crippen LogP contribution >= 0.6 is 0 Å². The van der Waals surface area contributed by atoms with E-state index in [4.69, 9.17) is 0 Å². The normalized spacial score (nSPS) is 18.5. The van der Waals surface area contributed by atoms with E-state index in [0.717, 1.165) is 62.8 Å². The van der Waals surface area contributed by atoms with Gasteiger partial charge in [0.1, 0.15) is 11.6 Å². The number of nitrogens with zero attached hydrogens (tertiary/aromatic N) is 4. The molecule has 0 spiro atoms. The Morgan fingerprint density at radius 2 is 1.88 bits per heavy atom. The molecule has 24 heavy (non-hydrogen) atoms. The number of aryl methyl sites for hydroxylation is 1. The van der Waals surface area contributed by atoms with Crippen molar-refractivity contribution in [2.45, 2.75) is 38.8 Å². The van der Waals surface area contributed by atoms with E-state index in [2.05, 4.69) is 20.1 Å². The Labute approximate surface area is 141 Å². The van der Waals surface area contributed by atoms with E-state index in [0.29, 0.717) is 5.92 Å². The number of aromatic nitrogens is 3. The number of nitrogens with one attached hydrogen (secondary N) is 1. The number of fused-ring (bicyclic) bond motifs is 1. The third-order valence-electron chi connectivity index (χ3n) is 5.10. The van der Waals surface area contributed by atoms with Crippen molar-refractivity contribution in [3.8, 4) is 0 Å². The topological polar surface area (TPSA) is 63.1 Å². The number of hydrogen-bond donors (Lipinski definition) is 1. The lowest BCUT2D eigenvalue weighted by atomic mass is 9.95. The number of hydrogen-bond acceptors (Lipinski definition) is 4. The number of rotatable bonds is 2. The van der Waals surface area contributed by atoms with Gasteiger partial charge in [-0.1, -0.05) is 17.7 Å². The van der Waals surface area contributed by atoms with Crippen LogP contribution in [-0.4, -0.2) is 45.2 Å². The number of amides is 1. The number of carbonyl (C=O) groups excluding carboxylic acids is 1. The van der Waals surface area contributed by atoms with Crippen molar-refractivity contribution in [2.24, 2.45) is 0 Å². The molecule has 0 saturated carbocycles. The van der Waals surface area contributed by atoms with Crippen molar-refractivity contribution in [2.75, 3.05) is 19.6 Å². The van der Waals surface area contributed by atoms with E-state index >= 15 is 0 Å². The van der Waals surface area contributed by atoms with Gasteiger partial charge in [0.25, 0.3) is 5.91 Å². The first-order chi connectivity index (χ1) is 11.7. The third-order valence-corrected chi connectivity index (χ3v) is 5.10. The van der Waals surface area contributed by atoms with E-state index in [1.54, 1.807) is 0 Å². The molecule has 1 saturated heterocycles. The van der Waals surface area contributed by atoms with Gasteiger partial charge in [-0.2, -0.15) is 0 Å². The molecule has 1 aromatic heterocycles. The molecule has 1 amide bonds. The van der Waals surface area contributed by atoms with E-state index < -0.39 is 0 Å². The van der Waals surface area contributed by atoms with Crippen molar-refractivity contribution in [1.82, 2.24) is 25.0 Å². The minimum atomic E-state index is 0.140. The SMILES string of the molecule is Cc1ccc(C(=O)N2CCC(c3nnc4n3CCNC4)CC2)cc1. The minimum Gasteiger partial charge on any atom is -0.339 e. The lowest BCUT2D eigenvalue weighted by Gasteiger charge is -2.32. The average molecular weight is 325 g/mol. The molecule has 0 aliphatic carbocycles. The van der Waals surface area contributed by atoms with E-state index in [1.165, 1.54) is 5.56 Å². The second kappa shape index (κ2) is 6.36. The van der Waals surface area contributed by atoms with Crippen LogP contribution in [0.3, 0.4) is 0 Å². The molecule has 0 unspecified atom stereocenters. The molecule has 2 aliphatic heterocycles. The lowest BCUT2D eigenvalue weighted by Crippen LogP contribution is -2.38. The molecular weight excluding hydrogens is 302 g/mol. The third kappa shape index (κ3) is 2.82. The zero-order chi connectivity index (χ0) is 16.5. The predicted molar refractivity (Wildman–Crippen MR) is 90.8 cm³/mol. The molecule has 0 bridgehead atoms. The van der Waals surface area contributed by atoms with Gasteiger partial charge < -0.3 is 14.8 Å². The van der Waals surface area contributed by atoms with Crippen LogP contribution in [0.1, 0.15) is 46.3 Å². The first-order valence-electron chi connectivity index (χ1n) is 8.71. The maximum absolute atomic E-state index is 12.6. The molecule has 0 radical (unpaired) electrons. The molecule has 1 aromatic carbocycles. The summed E-state index contributed by atoms with van der Waals surface area (Å²) < 4.78 is 2.26. The second-order valence-electron chi connectivity index (χ2n) is 6.74. The summed E-state index contributed by atoms with van der Waals surface area (Å²) in [7, 11) is 0. The summed E-state index contributed by atoms with van der Waals surface area (Å²) in [6, 6.07) is 7.84. The van der Waals surface area contributed by atoms with Crippen LogP contribution < -0.4 is 5.32 Å². The highest BCUT2D eigenvalue weighted by atomic mass is 16.2. The van der Waals surface area contributed by atoms with Gasteiger partial charge in [0.05, 0.1) is 6.54 Å². The number of carbonyl (C=O) groups is 1. The standard InChI is InChI=1S/C18H23N5O/c1-13-2-4-15(5-3-13)18(24)22-9-6-14(7-10-22)17-21-20-16-12-19-8-11-23(16)17/h2-5,14,19H,6-12H2,1H3. The molecule has 4 rings (SSSR count). The lowest BCUT2D eigenvalue weighted by molar-refractivity contribution is 0.0710. The summed E-state index contributed by atoms with van der Waals surface area (Å²) in [5, 5.41) is 12.1. The Bertz CT molecular complexity index is 728. The number of likely N-dealkylation sites (tertiary alicyclic amines) is 1. The summed E-state index contributed by atoms with van der Waals surface area (Å²) in [5.41, 5.74) is 1.96. The Balaban J connectivity index is 1.42. The van der Waals surface area contributed by atoms with Gasteiger partial charge in [-0.05, 0) is 31.9 Å². The fourth-order valence-electron chi connectivity index (χ4n) is 3.64. The molecule has 1 fully saturated rings. The Morgan fingerprint density at radius 3 is 2.62 bits per heavy atom. The Hall–Kier alpha value is -2.21. The van der Waals surface area contributed by atoms with Gasteiger partial charge >= 0.3 is 0 Å². The van der Waals surface area contributed by atoms with E-state index in [1.807, 2.05) is 36.1 Å². The van der Waals surface area contributed by atoms with Gasteiger partial charge in [0, 0.05) is 37.7 Å². The van der Waals surface area contributed by atoms with Crippen LogP contribution in [0.5, 0.6) is 0 Å². The van der Waals surface area contributed by atoms with Crippen molar-refractivity contribution >= 4 is 5.91 Å². The van der Waals surface area contributed by atoms with Crippen LogP contribution in [0.4, 0.5) is 0 Å². The van der Waals surface area contributed by atoms with Crippen molar-refractivity contribution in [1.29, 1.82) is 0 Å². The highest BCUT2D eigenvalue weighted by Crippen LogP contribution is 2.28. The zero-order valence-corrected chi connectivity index (χ0v) is 14.0. The molecule has 126 valence electrons. The van der Waals surface area contributed by atoms with Crippen molar-refractivity contribution in [3.63, 3.8) is 0 Å². The molecular formula is C18H23N5O. The summed E-state index contributed by atoms with van der Waals surface area (Å²) in [6.45, 7) is 6.34. The first-order valence-corrected chi connectivity index (χ1v) is 8.71. The second-order valence-corrected chi connectivity index (χ2v) is 6.74. The summed E-state index contributed by atoms with van der Waals surface area (Å²) in [6.07, 6.45) is 1.92. The molecule has 6 heteroatoms. The van der Waals surface area contributed by atoms with Gasteiger partial charge in [0.2, 0.25) is 0 Å². The highest BCUT2D eigenvalue weighted by Gasteiger charge is 2.29. The van der Waals surface area contributed by atoms with Crippen LogP contribution in [0.15, 0.2) is 24.3 Å². The minimum absolute atomic E-state index is 0.140. The zero-order valence-electron chi connectivity index (χ0n) is 14.0. The maximum atomic E-state index is 12.6. The highest BCUT2D eigenvalue weighted by molar-refractivity contribution is 5.94. The Kier molecular flexibility index (Phi) is 4.06. The van der Waals surface area contributed by atoms with Crippen LogP contribution in [0, 0.1) is 6.92 Å². The van der Waals surface area contributed by atoms with Gasteiger partial charge in [-0.15, -0.1) is 10.2 Å². The monoisotopic (exact) mass is 325 g/mol.